The molecule has 0 spiro atoms. The van der Waals surface area contributed by atoms with Crippen LogP contribution in [0, 0.1) is 5.41 Å². The van der Waals surface area contributed by atoms with Crippen molar-refractivity contribution in [1.29, 1.82) is 5.41 Å². The number of benzene rings is 3. The Balaban J connectivity index is 1.33. The van der Waals surface area contributed by atoms with Crippen molar-refractivity contribution in [2.24, 2.45) is 0 Å². The molecule has 0 saturated carbocycles. The van der Waals surface area contributed by atoms with Gasteiger partial charge in [-0.3, -0.25) is 5.41 Å². The van der Waals surface area contributed by atoms with Crippen LogP contribution in [-0.4, -0.2) is 42.3 Å². The molecule has 4 N–H and O–H groups in total. The van der Waals surface area contributed by atoms with Crippen LogP contribution < -0.4 is 15.1 Å². The van der Waals surface area contributed by atoms with Gasteiger partial charge in [-0.05, 0) is 103 Å². The lowest BCUT2D eigenvalue weighted by atomic mass is 9.90. The minimum atomic E-state index is -1.42. The molecule has 1 amide bonds. The maximum absolute atomic E-state index is 13.1. The Hall–Kier alpha value is -4.23. The van der Waals surface area contributed by atoms with E-state index in [1.54, 1.807) is 12.1 Å². The number of hydrogen-bond donors (Lipinski definition) is 3. The Bertz CT molecular complexity index is 1460. The first-order chi connectivity index (χ1) is 19.0. The molecular formula is C32H33N4O3+. The smallest absolute Gasteiger partial charge is 0.354 e. The molecular weight excluding hydrogens is 488 g/mol. The van der Waals surface area contributed by atoms with E-state index in [0.29, 0.717) is 5.69 Å². The minimum Gasteiger partial charge on any atom is -0.477 e. The maximum Gasteiger partial charge on any atom is 0.354 e. The molecule has 198 valence electrons. The quantitative estimate of drug-likeness (QED) is 0.254. The highest BCUT2D eigenvalue weighted by Gasteiger charge is 2.28. The molecule has 0 saturated heterocycles. The largest absolute Gasteiger partial charge is 0.477 e. The third-order valence-electron chi connectivity index (χ3n) is 8.01. The number of quaternary nitrogens is 1. The minimum absolute atomic E-state index is 0.127. The van der Waals surface area contributed by atoms with E-state index in [1.807, 2.05) is 30.3 Å². The standard InChI is InChI=1S/C32H32N4O3/c33-29(32(38)39)27(31(37)34-25-10-2-1-3-11-25)18-21-12-13-28-22(17-21)7-6-16-36(28)26-19-23-8-4-14-35-15-5-9-24(20-26)30(23)35/h1-3,10-13,17-20,33H,4-9,14-16H2,(H,34,37)(H,38,39)/p+1/b27-18-,33-29?. The number of aliphatic carboxylic acids is 1. The predicted octanol–water partition coefficient (Wildman–Crippen LogP) is 4.38. The van der Waals surface area contributed by atoms with Gasteiger partial charge in [0.15, 0.2) is 5.71 Å². The number of nitrogens with one attached hydrogen (secondary N) is 1. The topological polar surface area (TPSA) is 101 Å². The van der Waals surface area contributed by atoms with Gasteiger partial charge in [-0.15, -0.1) is 0 Å². The SMILES string of the molecule is N=C(C(=O)O)/C(=C/c1ccc2c(c1)CCCN2c1cc2c3c(c1)CCCN3CCC2)C(=O)[NH2+]c1ccccc1. The fourth-order valence-electron chi connectivity index (χ4n) is 6.24. The number of rotatable bonds is 6. The lowest BCUT2D eigenvalue weighted by molar-refractivity contribution is -0.478. The first-order valence-electron chi connectivity index (χ1n) is 13.8. The number of primary amides is 1. The molecule has 3 heterocycles. The molecule has 3 aromatic rings. The summed E-state index contributed by atoms with van der Waals surface area (Å²) in [5, 5.41) is 19.0. The summed E-state index contributed by atoms with van der Waals surface area (Å²) in [5.41, 5.74) is 8.53. The Morgan fingerprint density at radius 1 is 0.846 bits per heavy atom. The number of nitrogens with two attached hydrogens (primary N) is 1. The highest BCUT2D eigenvalue weighted by Crippen LogP contribution is 2.41. The third kappa shape index (κ3) is 4.98. The molecule has 0 radical (unpaired) electrons. The molecule has 7 nitrogen and oxygen atoms in total. The Labute approximate surface area is 228 Å². The van der Waals surface area contributed by atoms with Gasteiger partial charge in [-0.1, -0.05) is 24.3 Å². The van der Waals surface area contributed by atoms with Gasteiger partial charge >= 0.3 is 11.9 Å². The number of para-hydroxylation sites is 1. The molecule has 6 rings (SSSR count). The van der Waals surface area contributed by atoms with Crippen molar-refractivity contribution >= 4 is 46.4 Å². The number of aryl methyl sites for hydroxylation is 3. The number of nitrogens with zero attached hydrogens (tertiary/aromatic N) is 2. The number of hydrogen-bond acceptors (Lipinski definition) is 5. The van der Waals surface area contributed by atoms with Crippen molar-refractivity contribution in [1.82, 2.24) is 0 Å². The second-order valence-corrected chi connectivity index (χ2v) is 10.6. The average Bonchev–Trinajstić information content (AvgIpc) is 2.95. The van der Waals surface area contributed by atoms with E-state index in [4.69, 9.17) is 5.41 Å². The Kier molecular flexibility index (Phi) is 6.75. The fraction of sp³-hybridized carbons (Fsp3) is 0.281. The van der Waals surface area contributed by atoms with E-state index in [1.165, 1.54) is 52.3 Å². The van der Waals surface area contributed by atoms with Gasteiger partial charge in [0.2, 0.25) is 0 Å². The lowest BCUT2D eigenvalue weighted by Crippen LogP contribution is -2.83. The molecule has 7 heteroatoms. The second-order valence-electron chi connectivity index (χ2n) is 10.6. The maximum atomic E-state index is 13.1. The highest BCUT2D eigenvalue weighted by atomic mass is 16.4. The van der Waals surface area contributed by atoms with Crippen LogP contribution in [0.15, 0.2) is 66.2 Å². The molecule has 0 atom stereocenters. The molecule has 39 heavy (non-hydrogen) atoms. The van der Waals surface area contributed by atoms with Crippen molar-refractivity contribution in [2.45, 2.75) is 38.5 Å². The summed E-state index contributed by atoms with van der Waals surface area (Å²) in [7, 11) is 0. The molecule has 0 bridgehead atoms. The van der Waals surface area contributed by atoms with Gasteiger partial charge in [0.25, 0.3) is 0 Å². The average molecular weight is 522 g/mol. The van der Waals surface area contributed by atoms with Crippen LogP contribution in [-0.2, 0) is 28.9 Å². The van der Waals surface area contributed by atoms with Gasteiger partial charge < -0.3 is 14.9 Å². The number of carboxylic acids is 1. The molecule has 0 unspecified atom stereocenters. The van der Waals surface area contributed by atoms with Crippen molar-refractivity contribution in [3.8, 4) is 0 Å². The lowest BCUT2D eigenvalue weighted by Gasteiger charge is -2.39. The summed E-state index contributed by atoms with van der Waals surface area (Å²) in [5.74, 6) is -1.92. The van der Waals surface area contributed by atoms with Crippen LogP contribution in [0.1, 0.15) is 41.5 Å². The van der Waals surface area contributed by atoms with Crippen molar-refractivity contribution in [2.75, 3.05) is 29.4 Å². The molecule has 3 aromatic carbocycles. The predicted molar refractivity (Wildman–Crippen MR) is 153 cm³/mol. The number of amides is 1. The molecule has 3 aliphatic heterocycles. The normalized spacial score (nSPS) is 16.4. The molecule has 0 aliphatic carbocycles. The van der Waals surface area contributed by atoms with Crippen LogP contribution in [0.5, 0.6) is 0 Å². The van der Waals surface area contributed by atoms with Gasteiger partial charge in [-0.25, -0.2) is 14.9 Å². The van der Waals surface area contributed by atoms with Gasteiger partial charge in [-0.2, -0.15) is 0 Å². The number of fused-ring (bicyclic) bond motifs is 1. The van der Waals surface area contributed by atoms with Crippen molar-refractivity contribution < 1.29 is 20.0 Å². The third-order valence-corrected chi connectivity index (χ3v) is 8.01. The van der Waals surface area contributed by atoms with E-state index in [-0.39, 0.29) is 5.57 Å². The number of carboxylic acid groups (broad SMARTS) is 1. The van der Waals surface area contributed by atoms with Crippen molar-refractivity contribution in [3.63, 3.8) is 0 Å². The summed E-state index contributed by atoms with van der Waals surface area (Å²) in [6, 6.07) is 19.8. The molecule has 0 fully saturated rings. The summed E-state index contributed by atoms with van der Waals surface area (Å²) in [6.45, 7) is 3.27. The van der Waals surface area contributed by atoms with E-state index in [9.17, 15) is 14.7 Å². The van der Waals surface area contributed by atoms with E-state index >= 15 is 0 Å². The summed E-state index contributed by atoms with van der Waals surface area (Å²) in [4.78, 5) is 29.7. The first-order valence-corrected chi connectivity index (χ1v) is 13.8. The molecule has 3 aliphatic rings. The number of anilines is 3. The van der Waals surface area contributed by atoms with Crippen LogP contribution in [0.3, 0.4) is 0 Å². The van der Waals surface area contributed by atoms with Crippen LogP contribution in [0.25, 0.3) is 6.08 Å². The number of carbonyl (C=O) groups is 2. The van der Waals surface area contributed by atoms with Crippen molar-refractivity contribution in [3.05, 3.63) is 88.5 Å². The summed E-state index contributed by atoms with van der Waals surface area (Å²) >= 11 is 0. The summed E-state index contributed by atoms with van der Waals surface area (Å²) < 4.78 is 0. The highest BCUT2D eigenvalue weighted by molar-refractivity contribution is 6.48. The Morgan fingerprint density at radius 3 is 2.21 bits per heavy atom. The zero-order valence-corrected chi connectivity index (χ0v) is 22.0. The summed E-state index contributed by atoms with van der Waals surface area (Å²) in [6.07, 6.45) is 8.13. The van der Waals surface area contributed by atoms with Gasteiger partial charge in [0, 0.05) is 36.7 Å². The zero-order valence-electron chi connectivity index (χ0n) is 22.0. The van der Waals surface area contributed by atoms with Gasteiger partial charge in [0.1, 0.15) is 11.3 Å². The van der Waals surface area contributed by atoms with E-state index in [0.717, 1.165) is 56.6 Å². The first kappa shape index (κ1) is 25.1. The molecule has 0 aromatic heterocycles. The zero-order chi connectivity index (χ0) is 26.9. The number of carbonyl (C=O) groups excluding carboxylic acids is 1. The van der Waals surface area contributed by atoms with Crippen LogP contribution in [0.2, 0.25) is 0 Å². The monoisotopic (exact) mass is 521 g/mol. The van der Waals surface area contributed by atoms with Gasteiger partial charge in [0.05, 0.1) is 0 Å². The second kappa shape index (κ2) is 10.5. The van der Waals surface area contributed by atoms with Crippen LogP contribution >= 0.6 is 0 Å². The van der Waals surface area contributed by atoms with E-state index < -0.39 is 17.6 Å². The fourth-order valence-corrected chi connectivity index (χ4v) is 6.24. The Morgan fingerprint density at radius 2 is 1.51 bits per heavy atom. The van der Waals surface area contributed by atoms with E-state index in [2.05, 4.69) is 28.0 Å². The van der Waals surface area contributed by atoms with Crippen LogP contribution in [0.4, 0.5) is 22.7 Å².